The van der Waals surface area contributed by atoms with Crippen molar-refractivity contribution < 1.29 is 0 Å². The van der Waals surface area contributed by atoms with E-state index in [4.69, 9.17) is 10.8 Å². The smallest absolute Gasteiger partial charge is 0.266 e. The molecule has 0 spiro atoms. The molecule has 9 heteroatoms. The van der Waals surface area contributed by atoms with Gasteiger partial charge in [-0.05, 0) is 59.7 Å². The Labute approximate surface area is 192 Å². The third-order valence-corrected chi connectivity index (χ3v) is 6.19. The SMILES string of the molecule is Cc1ccccc1-n1c(Cn2nc(I)c3c2N=CCN3N)nc2cccc(C)c2c1=O. The van der Waals surface area contributed by atoms with Crippen LogP contribution < -0.4 is 16.4 Å². The van der Waals surface area contributed by atoms with E-state index in [9.17, 15) is 4.79 Å². The van der Waals surface area contributed by atoms with Crippen molar-refractivity contribution >= 4 is 51.2 Å². The minimum atomic E-state index is -0.0907. The van der Waals surface area contributed by atoms with Gasteiger partial charge in [-0.2, -0.15) is 5.10 Å². The molecule has 0 atom stereocenters. The second kappa shape index (κ2) is 7.57. The number of hydrazine groups is 1. The van der Waals surface area contributed by atoms with Crippen molar-refractivity contribution in [1.29, 1.82) is 0 Å². The summed E-state index contributed by atoms with van der Waals surface area (Å²) in [5, 5.41) is 6.88. The molecule has 0 unspecified atom stereocenters. The molecule has 0 aliphatic carbocycles. The monoisotopic (exact) mass is 525 g/mol. The molecule has 8 nitrogen and oxygen atoms in total. The summed E-state index contributed by atoms with van der Waals surface area (Å²) < 4.78 is 4.21. The van der Waals surface area contributed by atoms with Gasteiger partial charge in [0.2, 0.25) is 0 Å². The normalized spacial score (nSPS) is 13.1. The minimum Gasteiger partial charge on any atom is -0.300 e. The van der Waals surface area contributed by atoms with E-state index in [-0.39, 0.29) is 12.1 Å². The lowest BCUT2D eigenvalue weighted by Gasteiger charge is -2.20. The molecule has 5 rings (SSSR count). The molecule has 0 bridgehead atoms. The molecule has 31 heavy (non-hydrogen) atoms. The van der Waals surface area contributed by atoms with E-state index < -0.39 is 0 Å². The zero-order chi connectivity index (χ0) is 21.7. The number of aliphatic imine (C=N–C) groups is 1. The highest BCUT2D eigenvalue weighted by Crippen LogP contribution is 2.34. The molecular formula is C22H20IN7O. The maximum atomic E-state index is 13.7. The molecule has 2 aromatic heterocycles. The van der Waals surface area contributed by atoms with Crippen molar-refractivity contribution in [2.45, 2.75) is 20.4 Å². The maximum Gasteiger partial charge on any atom is 0.266 e. The fourth-order valence-electron chi connectivity index (χ4n) is 3.95. The number of aromatic nitrogens is 4. The molecule has 2 aromatic carbocycles. The van der Waals surface area contributed by atoms with Gasteiger partial charge < -0.3 is 0 Å². The van der Waals surface area contributed by atoms with Gasteiger partial charge in [-0.25, -0.2) is 20.5 Å². The number of fused-ring (bicyclic) bond motifs is 2. The number of nitrogens with two attached hydrogens (primary N) is 1. The first-order valence-corrected chi connectivity index (χ1v) is 10.9. The lowest BCUT2D eigenvalue weighted by atomic mass is 10.1. The quantitative estimate of drug-likeness (QED) is 0.328. The topological polar surface area (TPSA) is 94.3 Å². The molecule has 0 fully saturated rings. The summed E-state index contributed by atoms with van der Waals surface area (Å²) in [6.07, 6.45) is 1.75. The van der Waals surface area contributed by atoms with Gasteiger partial charge >= 0.3 is 0 Å². The highest BCUT2D eigenvalue weighted by atomic mass is 127. The molecule has 0 radical (unpaired) electrons. The van der Waals surface area contributed by atoms with Crippen LogP contribution in [0.2, 0.25) is 0 Å². The van der Waals surface area contributed by atoms with Gasteiger partial charge in [-0.1, -0.05) is 30.3 Å². The van der Waals surface area contributed by atoms with Gasteiger partial charge in [0.25, 0.3) is 5.56 Å². The van der Waals surface area contributed by atoms with Crippen molar-refractivity contribution in [3.63, 3.8) is 0 Å². The van der Waals surface area contributed by atoms with E-state index in [0.29, 0.717) is 29.1 Å². The summed E-state index contributed by atoms with van der Waals surface area (Å²) in [6, 6.07) is 13.5. The predicted molar refractivity (Wildman–Crippen MR) is 131 cm³/mol. The van der Waals surface area contributed by atoms with Crippen LogP contribution in [0.4, 0.5) is 11.5 Å². The van der Waals surface area contributed by atoms with Gasteiger partial charge in [-0.15, -0.1) is 0 Å². The summed E-state index contributed by atoms with van der Waals surface area (Å²) in [4.78, 5) is 23.1. The van der Waals surface area contributed by atoms with Crippen molar-refractivity contribution in [2.24, 2.45) is 10.8 Å². The Morgan fingerprint density at radius 2 is 1.87 bits per heavy atom. The largest absolute Gasteiger partial charge is 0.300 e. The van der Waals surface area contributed by atoms with Crippen LogP contribution in [0.5, 0.6) is 0 Å². The number of hydrogen-bond acceptors (Lipinski definition) is 6. The van der Waals surface area contributed by atoms with E-state index in [2.05, 4.69) is 32.7 Å². The van der Waals surface area contributed by atoms with Gasteiger partial charge in [0.1, 0.15) is 21.8 Å². The fraction of sp³-hybridized carbons (Fsp3) is 0.182. The van der Waals surface area contributed by atoms with Gasteiger partial charge in [0, 0.05) is 6.21 Å². The van der Waals surface area contributed by atoms with Crippen LogP contribution in [-0.2, 0) is 6.54 Å². The predicted octanol–water partition coefficient (Wildman–Crippen LogP) is 3.25. The fourth-order valence-corrected chi connectivity index (χ4v) is 4.76. The highest BCUT2D eigenvalue weighted by molar-refractivity contribution is 14.1. The number of para-hydroxylation sites is 1. The molecule has 3 heterocycles. The van der Waals surface area contributed by atoms with Crippen LogP contribution in [-0.4, -0.2) is 32.1 Å². The van der Waals surface area contributed by atoms with Gasteiger partial charge in [0.05, 0.1) is 23.1 Å². The average molecular weight is 525 g/mol. The van der Waals surface area contributed by atoms with Crippen molar-refractivity contribution in [1.82, 2.24) is 19.3 Å². The summed E-state index contributed by atoms with van der Waals surface area (Å²) in [5.41, 5.74) is 4.06. The van der Waals surface area contributed by atoms with E-state index in [0.717, 1.165) is 26.2 Å². The molecule has 156 valence electrons. The summed E-state index contributed by atoms with van der Waals surface area (Å²) in [5.74, 6) is 7.37. The van der Waals surface area contributed by atoms with E-state index in [1.165, 1.54) is 0 Å². The molecule has 1 aliphatic rings. The zero-order valence-electron chi connectivity index (χ0n) is 17.1. The van der Waals surface area contributed by atoms with Crippen LogP contribution in [0.25, 0.3) is 16.6 Å². The number of anilines is 1. The minimum absolute atomic E-state index is 0.0907. The molecule has 0 amide bonds. The summed E-state index contributed by atoms with van der Waals surface area (Å²) in [7, 11) is 0. The van der Waals surface area contributed by atoms with E-state index >= 15 is 0 Å². The van der Waals surface area contributed by atoms with Crippen LogP contribution in [0.15, 0.2) is 52.3 Å². The lowest BCUT2D eigenvalue weighted by molar-refractivity contribution is 0.635. The van der Waals surface area contributed by atoms with Crippen LogP contribution in [0.3, 0.4) is 0 Å². The number of halogens is 1. The van der Waals surface area contributed by atoms with Crippen LogP contribution in [0, 0.1) is 17.5 Å². The number of benzene rings is 2. The van der Waals surface area contributed by atoms with Crippen LogP contribution in [0.1, 0.15) is 17.0 Å². The van der Waals surface area contributed by atoms with Crippen molar-refractivity contribution in [3.05, 3.63) is 73.5 Å². The molecule has 0 saturated heterocycles. The Balaban J connectivity index is 1.78. The standard InChI is InChI=1S/C22H20IN7O/c1-13-6-3-4-9-16(13)30-17(26-15-8-5-7-14(2)18(15)22(30)31)12-29-21-19(20(23)27-29)28(24)11-10-25-21/h3-10H,11-12,24H2,1-2H3. The van der Waals surface area contributed by atoms with Gasteiger partial charge in [-0.3, -0.25) is 14.4 Å². The second-order valence-electron chi connectivity index (χ2n) is 7.51. The first-order chi connectivity index (χ1) is 15.0. The zero-order valence-corrected chi connectivity index (χ0v) is 19.2. The molecule has 2 N–H and O–H groups in total. The Morgan fingerprint density at radius 3 is 2.68 bits per heavy atom. The number of aryl methyl sites for hydroxylation is 2. The Hall–Kier alpha value is -3.05. The Bertz CT molecular complexity index is 1420. The summed E-state index contributed by atoms with van der Waals surface area (Å²) >= 11 is 2.16. The van der Waals surface area contributed by atoms with Crippen molar-refractivity contribution in [3.8, 4) is 5.69 Å². The maximum absolute atomic E-state index is 13.7. The first kappa shape index (κ1) is 19.9. The third-order valence-electron chi connectivity index (χ3n) is 5.46. The first-order valence-electron chi connectivity index (χ1n) is 9.84. The number of rotatable bonds is 3. The highest BCUT2D eigenvalue weighted by Gasteiger charge is 2.24. The van der Waals surface area contributed by atoms with Crippen LogP contribution >= 0.6 is 22.6 Å². The van der Waals surface area contributed by atoms with Gasteiger partial charge in [0.15, 0.2) is 5.82 Å². The molecular weight excluding hydrogens is 505 g/mol. The number of nitrogens with zero attached hydrogens (tertiary/aromatic N) is 6. The average Bonchev–Trinajstić information content (AvgIpc) is 3.05. The Morgan fingerprint density at radius 1 is 1.10 bits per heavy atom. The number of hydrogen-bond donors (Lipinski definition) is 1. The van der Waals surface area contributed by atoms with Crippen molar-refractivity contribution in [2.75, 3.05) is 11.6 Å². The lowest BCUT2D eigenvalue weighted by Crippen LogP contribution is -2.34. The third kappa shape index (κ3) is 3.24. The summed E-state index contributed by atoms with van der Waals surface area (Å²) in [6.45, 7) is 4.73. The molecule has 4 aromatic rings. The Kier molecular flexibility index (Phi) is 4.86. The second-order valence-corrected chi connectivity index (χ2v) is 8.53. The molecule has 0 saturated carbocycles. The molecule has 1 aliphatic heterocycles. The van der Waals surface area contributed by atoms with E-state index in [1.807, 2.05) is 56.3 Å². The van der Waals surface area contributed by atoms with E-state index in [1.54, 1.807) is 20.5 Å².